The van der Waals surface area contributed by atoms with E-state index in [1.54, 1.807) is 18.0 Å². The summed E-state index contributed by atoms with van der Waals surface area (Å²) in [4.78, 5) is 15.6. The number of pyridine rings is 1. The number of hydrogen-bond donors (Lipinski definition) is 1. The van der Waals surface area contributed by atoms with E-state index in [0.717, 1.165) is 10.6 Å². The van der Waals surface area contributed by atoms with Gasteiger partial charge in [0.2, 0.25) is 0 Å². The summed E-state index contributed by atoms with van der Waals surface area (Å²) in [6, 6.07) is 3.87. The predicted molar refractivity (Wildman–Crippen MR) is 69.1 cm³/mol. The van der Waals surface area contributed by atoms with Crippen LogP contribution in [0.2, 0.25) is 0 Å². The fourth-order valence-corrected chi connectivity index (χ4v) is 1.49. The standard InChI is InChI=1S/C12H18N2O2S/c1-12(2,3)16-11(15)14-8-9-5-6-10(17-4)13-7-9/h5-7H,8H2,1-4H3,(H,14,15). The molecule has 0 atom stereocenters. The molecule has 1 amide bonds. The van der Waals surface area contributed by atoms with Crippen LogP contribution in [0.5, 0.6) is 0 Å². The van der Waals surface area contributed by atoms with E-state index in [4.69, 9.17) is 4.74 Å². The molecule has 1 heterocycles. The molecule has 1 rings (SSSR count). The summed E-state index contributed by atoms with van der Waals surface area (Å²) in [7, 11) is 0. The van der Waals surface area contributed by atoms with Crippen molar-refractivity contribution in [3.05, 3.63) is 23.9 Å². The zero-order chi connectivity index (χ0) is 12.9. The van der Waals surface area contributed by atoms with Crippen molar-refractivity contribution in [2.45, 2.75) is 37.9 Å². The van der Waals surface area contributed by atoms with Crippen LogP contribution in [0.4, 0.5) is 4.79 Å². The van der Waals surface area contributed by atoms with Crippen molar-refractivity contribution < 1.29 is 9.53 Å². The third-order valence-corrected chi connectivity index (χ3v) is 2.50. The smallest absolute Gasteiger partial charge is 0.407 e. The fraction of sp³-hybridized carbons (Fsp3) is 0.500. The van der Waals surface area contributed by atoms with Crippen LogP contribution in [-0.4, -0.2) is 22.9 Å². The second-order valence-corrected chi connectivity index (χ2v) is 5.39. The first-order chi connectivity index (χ1) is 7.90. The Morgan fingerprint density at radius 2 is 2.18 bits per heavy atom. The zero-order valence-corrected chi connectivity index (χ0v) is 11.4. The highest BCUT2D eigenvalue weighted by Gasteiger charge is 2.15. The van der Waals surface area contributed by atoms with E-state index >= 15 is 0 Å². The number of nitrogens with zero attached hydrogens (tertiary/aromatic N) is 1. The average Bonchev–Trinajstić information content (AvgIpc) is 2.25. The van der Waals surface area contributed by atoms with Gasteiger partial charge in [0.1, 0.15) is 5.60 Å². The van der Waals surface area contributed by atoms with Gasteiger partial charge in [-0.15, -0.1) is 11.8 Å². The number of alkyl carbamates (subject to hydrolysis) is 1. The van der Waals surface area contributed by atoms with E-state index in [1.165, 1.54) is 0 Å². The van der Waals surface area contributed by atoms with E-state index in [9.17, 15) is 4.79 Å². The minimum atomic E-state index is -0.467. The van der Waals surface area contributed by atoms with Gasteiger partial charge in [0.15, 0.2) is 0 Å². The molecule has 0 bridgehead atoms. The van der Waals surface area contributed by atoms with Gasteiger partial charge in [0, 0.05) is 12.7 Å². The van der Waals surface area contributed by atoms with E-state index in [-0.39, 0.29) is 0 Å². The van der Waals surface area contributed by atoms with Gasteiger partial charge in [-0.05, 0) is 38.7 Å². The number of ether oxygens (including phenoxy) is 1. The fourth-order valence-electron chi connectivity index (χ4n) is 1.12. The molecular formula is C12H18N2O2S. The van der Waals surface area contributed by atoms with Gasteiger partial charge in [-0.25, -0.2) is 9.78 Å². The number of hydrogen-bond acceptors (Lipinski definition) is 4. The molecule has 94 valence electrons. The molecular weight excluding hydrogens is 236 g/mol. The molecule has 0 unspecified atom stereocenters. The Labute approximate surface area is 106 Å². The topological polar surface area (TPSA) is 51.2 Å². The highest BCUT2D eigenvalue weighted by Crippen LogP contribution is 2.11. The van der Waals surface area contributed by atoms with Crippen LogP contribution < -0.4 is 5.32 Å². The highest BCUT2D eigenvalue weighted by molar-refractivity contribution is 7.98. The molecule has 0 spiro atoms. The van der Waals surface area contributed by atoms with Crippen molar-refractivity contribution in [3.8, 4) is 0 Å². The van der Waals surface area contributed by atoms with Gasteiger partial charge in [0.05, 0.1) is 5.03 Å². The lowest BCUT2D eigenvalue weighted by molar-refractivity contribution is 0.0523. The van der Waals surface area contributed by atoms with Gasteiger partial charge in [-0.2, -0.15) is 0 Å². The number of rotatable bonds is 3. The molecule has 0 aromatic carbocycles. The van der Waals surface area contributed by atoms with Crippen molar-refractivity contribution in [2.75, 3.05) is 6.26 Å². The van der Waals surface area contributed by atoms with Gasteiger partial charge >= 0.3 is 6.09 Å². The van der Waals surface area contributed by atoms with E-state index in [2.05, 4.69) is 10.3 Å². The van der Waals surface area contributed by atoms with Crippen LogP contribution in [0.1, 0.15) is 26.3 Å². The molecule has 0 radical (unpaired) electrons. The third-order valence-electron chi connectivity index (χ3n) is 1.84. The van der Waals surface area contributed by atoms with Crippen LogP contribution in [0.15, 0.2) is 23.4 Å². The summed E-state index contributed by atoms with van der Waals surface area (Å²) in [6.07, 6.45) is 3.32. The lowest BCUT2D eigenvalue weighted by Gasteiger charge is -2.19. The number of carbonyl (C=O) groups is 1. The maximum atomic E-state index is 11.4. The number of thioether (sulfide) groups is 1. The van der Waals surface area contributed by atoms with Gasteiger partial charge in [-0.3, -0.25) is 0 Å². The average molecular weight is 254 g/mol. The molecule has 1 aromatic heterocycles. The monoisotopic (exact) mass is 254 g/mol. The van der Waals surface area contributed by atoms with E-state index < -0.39 is 11.7 Å². The molecule has 1 N–H and O–H groups in total. The molecule has 0 aliphatic heterocycles. The minimum absolute atomic E-state index is 0.411. The maximum Gasteiger partial charge on any atom is 0.407 e. The second-order valence-electron chi connectivity index (χ2n) is 4.56. The largest absolute Gasteiger partial charge is 0.444 e. The first-order valence-corrected chi connectivity index (χ1v) is 6.59. The number of nitrogens with one attached hydrogen (secondary N) is 1. The van der Waals surface area contributed by atoms with Gasteiger partial charge < -0.3 is 10.1 Å². The first-order valence-electron chi connectivity index (χ1n) is 5.36. The second kappa shape index (κ2) is 5.91. The van der Waals surface area contributed by atoms with Crippen molar-refractivity contribution in [3.63, 3.8) is 0 Å². The molecule has 0 fully saturated rings. The SMILES string of the molecule is CSc1ccc(CNC(=O)OC(C)(C)C)cn1. The normalized spacial score (nSPS) is 11.1. The molecule has 1 aromatic rings. The van der Waals surface area contributed by atoms with Crippen LogP contribution in [0.25, 0.3) is 0 Å². The molecule has 4 nitrogen and oxygen atoms in total. The number of amides is 1. The van der Waals surface area contributed by atoms with Crippen molar-refractivity contribution in [1.29, 1.82) is 0 Å². The molecule has 0 aliphatic rings. The number of carbonyl (C=O) groups excluding carboxylic acids is 1. The van der Waals surface area contributed by atoms with E-state index in [0.29, 0.717) is 6.54 Å². The molecule has 0 saturated heterocycles. The number of aromatic nitrogens is 1. The Morgan fingerprint density at radius 3 is 2.65 bits per heavy atom. The summed E-state index contributed by atoms with van der Waals surface area (Å²) in [6.45, 7) is 5.93. The Morgan fingerprint density at radius 1 is 1.47 bits per heavy atom. The summed E-state index contributed by atoms with van der Waals surface area (Å²) >= 11 is 1.59. The Kier molecular flexibility index (Phi) is 4.81. The quantitative estimate of drug-likeness (QED) is 0.843. The van der Waals surface area contributed by atoms with Gasteiger partial charge in [0.25, 0.3) is 0 Å². The summed E-state index contributed by atoms with van der Waals surface area (Å²) < 4.78 is 5.13. The first kappa shape index (κ1) is 13.8. The Bertz CT molecular complexity index is 371. The van der Waals surface area contributed by atoms with Crippen molar-refractivity contribution >= 4 is 17.9 Å². The molecule has 17 heavy (non-hydrogen) atoms. The van der Waals surface area contributed by atoms with Gasteiger partial charge in [-0.1, -0.05) is 6.07 Å². The van der Waals surface area contributed by atoms with Crippen LogP contribution in [0.3, 0.4) is 0 Å². The van der Waals surface area contributed by atoms with Crippen LogP contribution in [0, 0.1) is 0 Å². The zero-order valence-electron chi connectivity index (χ0n) is 10.6. The van der Waals surface area contributed by atoms with Crippen molar-refractivity contribution in [2.24, 2.45) is 0 Å². The maximum absolute atomic E-state index is 11.4. The lowest BCUT2D eigenvalue weighted by Crippen LogP contribution is -2.32. The summed E-state index contributed by atoms with van der Waals surface area (Å²) in [5.41, 5.74) is 0.485. The third kappa shape index (κ3) is 5.58. The van der Waals surface area contributed by atoms with Crippen LogP contribution in [-0.2, 0) is 11.3 Å². The Balaban J connectivity index is 2.42. The molecule has 0 saturated carbocycles. The summed E-state index contributed by atoms with van der Waals surface area (Å²) in [5.74, 6) is 0. The Hall–Kier alpha value is -1.23. The highest BCUT2D eigenvalue weighted by atomic mass is 32.2. The van der Waals surface area contributed by atoms with Crippen LogP contribution >= 0.6 is 11.8 Å². The summed E-state index contributed by atoms with van der Waals surface area (Å²) in [5, 5.41) is 3.65. The minimum Gasteiger partial charge on any atom is -0.444 e. The van der Waals surface area contributed by atoms with Crippen molar-refractivity contribution in [1.82, 2.24) is 10.3 Å². The molecule has 5 heteroatoms. The van der Waals surface area contributed by atoms with E-state index in [1.807, 2.05) is 39.2 Å². The predicted octanol–water partition coefficient (Wildman–Crippen LogP) is 2.83. The lowest BCUT2D eigenvalue weighted by atomic mass is 10.2. The molecule has 0 aliphatic carbocycles.